The quantitative estimate of drug-likeness (QED) is 0.776. The molecule has 2 aliphatic heterocycles. The van der Waals surface area contributed by atoms with Crippen molar-refractivity contribution in [1.29, 1.82) is 0 Å². The molecule has 0 spiro atoms. The number of rotatable bonds is 0. The lowest BCUT2D eigenvalue weighted by molar-refractivity contribution is -0.141. The monoisotopic (exact) mass is 258 g/mol. The lowest BCUT2D eigenvalue weighted by Gasteiger charge is -2.37. The highest BCUT2D eigenvalue weighted by molar-refractivity contribution is 5.30. The fraction of sp³-hybridized carbons (Fsp3) is 0.583. The van der Waals surface area contributed by atoms with Crippen molar-refractivity contribution in [3.05, 3.63) is 29.1 Å². The SMILES string of the molecule is FC(F)(F)c1ccc2c(n1)COC1CCCN[C@@H]21. The normalized spacial score (nSPS) is 27.5. The van der Waals surface area contributed by atoms with Crippen LogP contribution in [0.1, 0.15) is 35.8 Å². The van der Waals surface area contributed by atoms with Crippen LogP contribution in [0, 0.1) is 0 Å². The molecule has 0 amide bonds. The summed E-state index contributed by atoms with van der Waals surface area (Å²) in [5, 5.41) is 3.29. The molecule has 2 aliphatic rings. The largest absolute Gasteiger partial charge is 0.433 e. The van der Waals surface area contributed by atoms with E-state index in [1.54, 1.807) is 0 Å². The maximum atomic E-state index is 12.6. The minimum Gasteiger partial charge on any atom is -0.370 e. The van der Waals surface area contributed by atoms with E-state index < -0.39 is 11.9 Å². The first kappa shape index (κ1) is 11.9. The summed E-state index contributed by atoms with van der Waals surface area (Å²) >= 11 is 0. The van der Waals surface area contributed by atoms with Gasteiger partial charge in [0.05, 0.1) is 24.4 Å². The molecule has 2 atom stereocenters. The van der Waals surface area contributed by atoms with Gasteiger partial charge in [-0.1, -0.05) is 6.07 Å². The number of fused-ring (bicyclic) bond motifs is 3. The molecule has 0 aliphatic carbocycles. The Morgan fingerprint density at radius 2 is 2.17 bits per heavy atom. The minimum absolute atomic E-state index is 0.0164. The minimum atomic E-state index is -4.40. The predicted molar refractivity (Wildman–Crippen MR) is 57.8 cm³/mol. The fourth-order valence-corrected chi connectivity index (χ4v) is 2.60. The van der Waals surface area contributed by atoms with Gasteiger partial charge in [-0.05, 0) is 31.0 Å². The zero-order valence-corrected chi connectivity index (χ0v) is 9.63. The number of piperidine rings is 1. The molecule has 0 aromatic carbocycles. The van der Waals surface area contributed by atoms with Gasteiger partial charge in [-0.25, -0.2) is 4.98 Å². The highest BCUT2D eigenvalue weighted by Crippen LogP contribution is 2.35. The standard InChI is InChI=1S/C12H13F3N2O/c13-12(14,15)10-4-3-7-8(17-10)6-18-9-2-1-5-16-11(7)9/h3-4,9,11,16H,1-2,5-6H2/t9?,11-/m0/s1. The van der Waals surface area contributed by atoms with Crippen LogP contribution in [0.25, 0.3) is 0 Å². The van der Waals surface area contributed by atoms with Crippen molar-refractivity contribution in [3.63, 3.8) is 0 Å². The number of hydrogen-bond donors (Lipinski definition) is 1. The first-order chi connectivity index (χ1) is 8.55. The summed E-state index contributed by atoms with van der Waals surface area (Å²) < 4.78 is 43.3. The second kappa shape index (κ2) is 4.20. The van der Waals surface area contributed by atoms with Gasteiger partial charge in [0.25, 0.3) is 0 Å². The van der Waals surface area contributed by atoms with Gasteiger partial charge < -0.3 is 10.1 Å². The van der Waals surface area contributed by atoms with Crippen molar-refractivity contribution < 1.29 is 17.9 Å². The van der Waals surface area contributed by atoms with E-state index in [1.807, 2.05) is 0 Å². The van der Waals surface area contributed by atoms with Crippen molar-refractivity contribution in [2.75, 3.05) is 6.54 Å². The summed E-state index contributed by atoms with van der Waals surface area (Å²) in [5.74, 6) is 0. The lowest BCUT2D eigenvalue weighted by Crippen LogP contribution is -2.42. The van der Waals surface area contributed by atoms with E-state index in [9.17, 15) is 13.2 Å². The molecule has 0 saturated carbocycles. The molecule has 18 heavy (non-hydrogen) atoms. The van der Waals surface area contributed by atoms with E-state index in [1.165, 1.54) is 6.07 Å². The molecular formula is C12H13F3N2O. The van der Waals surface area contributed by atoms with E-state index in [2.05, 4.69) is 10.3 Å². The molecule has 0 bridgehead atoms. The summed E-state index contributed by atoms with van der Waals surface area (Å²) in [7, 11) is 0. The van der Waals surface area contributed by atoms with E-state index in [0.29, 0.717) is 5.69 Å². The predicted octanol–water partition coefficient (Wildman–Crippen LogP) is 2.42. The number of hydrogen-bond acceptors (Lipinski definition) is 3. The smallest absolute Gasteiger partial charge is 0.370 e. The number of pyridine rings is 1. The van der Waals surface area contributed by atoms with E-state index in [-0.39, 0.29) is 18.8 Å². The van der Waals surface area contributed by atoms with Crippen LogP contribution in [-0.4, -0.2) is 17.6 Å². The van der Waals surface area contributed by atoms with Gasteiger partial charge >= 0.3 is 6.18 Å². The molecule has 3 nitrogen and oxygen atoms in total. The summed E-state index contributed by atoms with van der Waals surface area (Å²) in [4.78, 5) is 3.69. The second-order valence-corrected chi connectivity index (χ2v) is 4.65. The maximum absolute atomic E-state index is 12.6. The highest BCUT2D eigenvalue weighted by Gasteiger charge is 2.37. The van der Waals surface area contributed by atoms with Gasteiger partial charge in [-0.15, -0.1) is 0 Å². The molecule has 1 N–H and O–H groups in total. The Morgan fingerprint density at radius 3 is 2.94 bits per heavy atom. The average Bonchev–Trinajstić information content (AvgIpc) is 2.37. The fourth-order valence-electron chi connectivity index (χ4n) is 2.60. The lowest BCUT2D eigenvalue weighted by atomic mass is 9.91. The van der Waals surface area contributed by atoms with Gasteiger partial charge in [0.15, 0.2) is 0 Å². The summed E-state index contributed by atoms with van der Waals surface area (Å²) in [6.45, 7) is 1.03. The number of ether oxygens (including phenoxy) is 1. The van der Waals surface area contributed by atoms with Crippen molar-refractivity contribution in [3.8, 4) is 0 Å². The molecule has 1 aromatic heterocycles. The van der Waals surface area contributed by atoms with E-state index in [0.717, 1.165) is 31.0 Å². The molecular weight excluding hydrogens is 245 g/mol. The van der Waals surface area contributed by atoms with Gasteiger partial charge in [0, 0.05) is 0 Å². The average molecular weight is 258 g/mol. The van der Waals surface area contributed by atoms with Gasteiger partial charge in [-0.3, -0.25) is 0 Å². The van der Waals surface area contributed by atoms with E-state index >= 15 is 0 Å². The zero-order chi connectivity index (χ0) is 12.8. The van der Waals surface area contributed by atoms with Crippen molar-refractivity contribution in [2.24, 2.45) is 0 Å². The van der Waals surface area contributed by atoms with Crippen LogP contribution in [0.4, 0.5) is 13.2 Å². The van der Waals surface area contributed by atoms with Crippen LogP contribution in [0.15, 0.2) is 12.1 Å². The van der Waals surface area contributed by atoms with Crippen molar-refractivity contribution in [2.45, 2.75) is 37.8 Å². The first-order valence-corrected chi connectivity index (χ1v) is 5.98. The zero-order valence-electron chi connectivity index (χ0n) is 9.63. The third-order valence-electron chi connectivity index (χ3n) is 3.47. The molecule has 3 rings (SSSR count). The number of halogens is 3. The summed E-state index contributed by atoms with van der Waals surface area (Å²) in [6, 6.07) is 2.57. The molecule has 0 radical (unpaired) electrons. The third-order valence-corrected chi connectivity index (χ3v) is 3.47. The van der Waals surface area contributed by atoms with Crippen LogP contribution in [0.3, 0.4) is 0 Å². The van der Waals surface area contributed by atoms with Gasteiger partial charge in [0.1, 0.15) is 5.69 Å². The number of aromatic nitrogens is 1. The summed E-state index contributed by atoms with van der Waals surface area (Å²) in [6.07, 6.45) is -2.36. The molecule has 1 aromatic rings. The molecule has 98 valence electrons. The Morgan fingerprint density at radius 1 is 1.33 bits per heavy atom. The number of alkyl halides is 3. The second-order valence-electron chi connectivity index (χ2n) is 4.65. The molecule has 6 heteroatoms. The van der Waals surface area contributed by atoms with Gasteiger partial charge in [-0.2, -0.15) is 13.2 Å². The molecule has 1 unspecified atom stereocenters. The Kier molecular flexibility index (Phi) is 2.79. The number of nitrogens with zero attached hydrogens (tertiary/aromatic N) is 1. The highest BCUT2D eigenvalue weighted by atomic mass is 19.4. The topological polar surface area (TPSA) is 34.1 Å². The Bertz CT molecular complexity index is 461. The van der Waals surface area contributed by atoms with Crippen LogP contribution >= 0.6 is 0 Å². The molecule has 1 fully saturated rings. The number of nitrogens with one attached hydrogen (secondary N) is 1. The van der Waals surface area contributed by atoms with E-state index in [4.69, 9.17) is 4.74 Å². The van der Waals surface area contributed by atoms with Crippen molar-refractivity contribution in [1.82, 2.24) is 10.3 Å². The maximum Gasteiger partial charge on any atom is 0.433 e. The Labute approximate surface area is 102 Å². The van der Waals surface area contributed by atoms with Crippen LogP contribution in [0.2, 0.25) is 0 Å². The third kappa shape index (κ3) is 1.99. The molecule has 3 heterocycles. The van der Waals surface area contributed by atoms with Crippen LogP contribution in [-0.2, 0) is 17.5 Å². The summed E-state index contributed by atoms with van der Waals surface area (Å²) in [5.41, 5.74) is 0.401. The molecule has 1 saturated heterocycles. The Balaban J connectivity index is 1.96. The van der Waals surface area contributed by atoms with Crippen LogP contribution in [0.5, 0.6) is 0 Å². The Hall–Kier alpha value is -1.14. The van der Waals surface area contributed by atoms with Crippen LogP contribution < -0.4 is 5.32 Å². The first-order valence-electron chi connectivity index (χ1n) is 5.98. The van der Waals surface area contributed by atoms with Crippen molar-refractivity contribution >= 4 is 0 Å². The van der Waals surface area contributed by atoms with Gasteiger partial charge in [0.2, 0.25) is 0 Å².